The number of anilines is 1. The molecule has 1 N–H and O–H groups in total. The van der Waals surface area contributed by atoms with E-state index in [4.69, 9.17) is 14.4 Å². The van der Waals surface area contributed by atoms with Gasteiger partial charge in [0.05, 0.1) is 11.2 Å². The first-order valence-electron chi connectivity index (χ1n) is 9.14. The minimum Gasteiger partial charge on any atom is -0.399 e. The fourth-order valence-electron chi connectivity index (χ4n) is 3.48. The molecule has 0 saturated carbocycles. The van der Waals surface area contributed by atoms with E-state index in [1.807, 2.05) is 0 Å². The third-order valence-corrected chi connectivity index (χ3v) is 5.94. The smallest absolute Gasteiger partial charge is 0.399 e. The molecule has 2 aliphatic heterocycles. The van der Waals surface area contributed by atoms with Gasteiger partial charge >= 0.3 is 7.12 Å². The number of hydrogen-bond donors (Lipinski definition) is 1. The van der Waals surface area contributed by atoms with Crippen LogP contribution in [-0.4, -0.2) is 43.1 Å². The zero-order chi connectivity index (χ0) is 17.4. The minimum atomic E-state index is -0.301. The summed E-state index contributed by atoms with van der Waals surface area (Å²) in [5.41, 5.74) is 1.74. The van der Waals surface area contributed by atoms with Crippen LogP contribution in [0.1, 0.15) is 47.0 Å². The van der Waals surface area contributed by atoms with Crippen LogP contribution in [0.3, 0.4) is 0 Å². The van der Waals surface area contributed by atoms with E-state index < -0.39 is 0 Å². The highest BCUT2D eigenvalue weighted by Gasteiger charge is 2.51. The molecule has 132 valence electrons. The van der Waals surface area contributed by atoms with E-state index in [1.54, 1.807) is 0 Å². The Bertz CT molecular complexity index is 534. The zero-order valence-electron chi connectivity index (χ0n) is 15.4. The summed E-state index contributed by atoms with van der Waals surface area (Å²) in [4.78, 5) is 2.43. The van der Waals surface area contributed by atoms with E-state index in [1.165, 1.54) is 18.5 Å². The first-order chi connectivity index (χ1) is 11.3. The Labute approximate surface area is 146 Å². The van der Waals surface area contributed by atoms with E-state index >= 15 is 0 Å². The Balaban J connectivity index is 1.63. The summed E-state index contributed by atoms with van der Waals surface area (Å²) in [5, 5.41) is 9.07. The van der Waals surface area contributed by atoms with Gasteiger partial charge in [0.2, 0.25) is 0 Å². The third-order valence-electron chi connectivity index (χ3n) is 5.94. The van der Waals surface area contributed by atoms with Crippen molar-refractivity contribution in [2.24, 2.45) is 5.92 Å². The Kier molecular flexibility index (Phi) is 4.96. The molecule has 0 spiro atoms. The molecule has 0 atom stereocenters. The molecule has 0 radical (unpaired) electrons. The van der Waals surface area contributed by atoms with Crippen molar-refractivity contribution in [3.8, 4) is 0 Å². The van der Waals surface area contributed by atoms with Gasteiger partial charge in [0.25, 0.3) is 0 Å². The number of hydrogen-bond acceptors (Lipinski definition) is 4. The van der Waals surface area contributed by atoms with Crippen molar-refractivity contribution in [2.75, 3.05) is 24.6 Å². The highest BCUT2D eigenvalue weighted by atomic mass is 16.7. The van der Waals surface area contributed by atoms with E-state index in [9.17, 15) is 0 Å². The average Bonchev–Trinajstić information content (AvgIpc) is 2.77. The molecule has 2 aliphatic rings. The van der Waals surface area contributed by atoms with Crippen LogP contribution in [-0.2, 0) is 9.31 Å². The predicted octanol–water partition coefficient (Wildman–Crippen LogP) is 2.58. The van der Waals surface area contributed by atoms with Gasteiger partial charge in [-0.2, -0.15) is 0 Å². The summed E-state index contributed by atoms with van der Waals surface area (Å²) < 4.78 is 12.2. The molecule has 1 aromatic rings. The van der Waals surface area contributed by atoms with Crippen molar-refractivity contribution in [3.63, 3.8) is 0 Å². The summed E-state index contributed by atoms with van der Waals surface area (Å²) in [6.07, 6.45) is 3.27. The van der Waals surface area contributed by atoms with Gasteiger partial charge < -0.3 is 19.3 Å². The number of rotatable bonds is 4. The fourth-order valence-corrected chi connectivity index (χ4v) is 3.48. The zero-order valence-corrected chi connectivity index (χ0v) is 15.4. The number of aliphatic hydroxyl groups excluding tert-OH is 1. The van der Waals surface area contributed by atoms with Crippen molar-refractivity contribution in [1.29, 1.82) is 0 Å². The summed E-state index contributed by atoms with van der Waals surface area (Å²) in [5.74, 6) is 0.676. The first-order valence-corrected chi connectivity index (χ1v) is 9.14. The monoisotopic (exact) mass is 331 g/mol. The standard InChI is InChI=1S/C19H30BNO3/c1-18(2)19(3,4)24-20(23-18)16-5-7-17(8-6-16)21-12-9-15(10-13-21)11-14-22/h5-8,15,22H,9-14H2,1-4H3. The van der Waals surface area contributed by atoms with Crippen LogP contribution in [0.5, 0.6) is 0 Å². The van der Waals surface area contributed by atoms with Crippen molar-refractivity contribution in [2.45, 2.75) is 58.2 Å². The number of nitrogens with zero attached hydrogens (tertiary/aromatic N) is 1. The van der Waals surface area contributed by atoms with Gasteiger partial charge in [0.1, 0.15) is 0 Å². The molecule has 0 amide bonds. The maximum Gasteiger partial charge on any atom is 0.494 e. The van der Waals surface area contributed by atoms with Crippen LogP contribution < -0.4 is 10.4 Å². The molecule has 0 aromatic heterocycles. The van der Waals surface area contributed by atoms with Crippen LogP contribution >= 0.6 is 0 Å². The molecule has 1 aromatic carbocycles. The lowest BCUT2D eigenvalue weighted by Gasteiger charge is -2.33. The molecule has 0 unspecified atom stereocenters. The Morgan fingerprint density at radius 2 is 1.58 bits per heavy atom. The van der Waals surface area contributed by atoms with Gasteiger partial charge in [-0.05, 0) is 70.5 Å². The maximum absolute atomic E-state index is 9.07. The second kappa shape index (κ2) is 6.70. The number of aliphatic hydroxyl groups is 1. The van der Waals surface area contributed by atoms with Crippen LogP contribution in [0, 0.1) is 5.92 Å². The molecular formula is C19H30BNO3. The van der Waals surface area contributed by atoms with Crippen molar-refractivity contribution in [3.05, 3.63) is 24.3 Å². The third kappa shape index (κ3) is 3.49. The van der Waals surface area contributed by atoms with Gasteiger partial charge in [-0.3, -0.25) is 0 Å². The number of piperidine rings is 1. The van der Waals surface area contributed by atoms with Gasteiger partial charge in [-0.25, -0.2) is 0 Å². The SMILES string of the molecule is CC1(C)OB(c2ccc(N3CCC(CCO)CC3)cc2)OC1(C)C. The highest BCUT2D eigenvalue weighted by molar-refractivity contribution is 6.62. The van der Waals surface area contributed by atoms with E-state index in [-0.39, 0.29) is 18.3 Å². The van der Waals surface area contributed by atoms with Crippen molar-refractivity contribution < 1.29 is 14.4 Å². The molecule has 4 nitrogen and oxygen atoms in total. The van der Waals surface area contributed by atoms with Crippen LogP contribution in [0.25, 0.3) is 0 Å². The Morgan fingerprint density at radius 3 is 2.08 bits per heavy atom. The largest absolute Gasteiger partial charge is 0.494 e. The van der Waals surface area contributed by atoms with Gasteiger partial charge in [-0.15, -0.1) is 0 Å². The average molecular weight is 331 g/mol. The Hall–Kier alpha value is -1.04. The van der Waals surface area contributed by atoms with Crippen LogP contribution in [0.4, 0.5) is 5.69 Å². The summed E-state index contributed by atoms with van der Waals surface area (Å²) in [7, 11) is -0.292. The van der Waals surface area contributed by atoms with E-state index in [2.05, 4.69) is 56.9 Å². The second-order valence-electron chi connectivity index (χ2n) is 8.12. The molecule has 0 aliphatic carbocycles. The normalized spacial score (nSPS) is 23.7. The molecule has 2 fully saturated rings. The quantitative estimate of drug-likeness (QED) is 0.861. The lowest BCUT2D eigenvalue weighted by atomic mass is 9.79. The second-order valence-corrected chi connectivity index (χ2v) is 8.12. The van der Waals surface area contributed by atoms with Crippen LogP contribution in [0.2, 0.25) is 0 Å². The number of benzene rings is 1. The van der Waals surface area contributed by atoms with E-state index in [0.29, 0.717) is 12.5 Å². The van der Waals surface area contributed by atoms with Crippen LogP contribution in [0.15, 0.2) is 24.3 Å². The topological polar surface area (TPSA) is 41.9 Å². The van der Waals surface area contributed by atoms with E-state index in [0.717, 1.165) is 25.0 Å². The lowest BCUT2D eigenvalue weighted by Crippen LogP contribution is -2.41. The molecule has 0 bridgehead atoms. The highest BCUT2D eigenvalue weighted by Crippen LogP contribution is 2.36. The fraction of sp³-hybridized carbons (Fsp3) is 0.684. The van der Waals surface area contributed by atoms with Gasteiger partial charge in [0.15, 0.2) is 0 Å². The molecule has 3 rings (SSSR count). The maximum atomic E-state index is 9.07. The summed E-state index contributed by atoms with van der Waals surface area (Å²) >= 11 is 0. The molecule has 24 heavy (non-hydrogen) atoms. The molecule has 2 heterocycles. The van der Waals surface area contributed by atoms with Crippen molar-refractivity contribution >= 4 is 18.3 Å². The minimum absolute atomic E-state index is 0.292. The lowest BCUT2D eigenvalue weighted by molar-refractivity contribution is 0.00578. The first kappa shape index (κ1) is 17.8. The van der Waals surface area contributed by atoms with Gasteiger partial charge in [-0.1, -0.05) is 12.1 Å². The molecule has 5 heteroatoms. The summed E-state index contributed by atoms with van der Waals surface area (Å²) in [6, 6.07) is 8.59. The molecular weight excluding hydrogens is 301 g/mol. The Morgan fingerprint density at radius 1 is 1.04 bits per heavy atom. The van der Waals surface area contributed by atoms with Gasteiger partial charge in [0, 0.05) is 25.4 Å². The van der Waals surface area contributed by atoms with Crippen molar-refractivity contribution in [1.82, 2.24) is 0 Å². The summed E-state index contributed by atoms with van der Waals surface area (Å²) in [6.45, 7) is 10.8. The predicted molar refractivity (Wildman–Crippen MR) is 98.8 cm³/mol. The molecule has 2 saturated heterocycles.